The van der Waals surface area contributed by atoms with Gasteiger partial charge in [-0.05, 0) is 31.0 Å². The number of halogens is 2. The molecule has 1 aromatic rings. The van der Waals surface area contributed by atoms with E-state index in [2.05, 4.69) is 11.9 Å². The summed E-state index contributed by atoms with van der Waals surface area (Å²) in [6.45, 7) is 4.79. The molecule has 0 saturated carbocycles. The van der Waals surface area contributed by atoms with Gasteiger partial charge in [0.25, 0.3) is 5.91 Å². The first-order valence-corrected chi connectivity index (χ1v) is 8.05. The molecule has 1 saturated heterocycles. The van der Waals surface area contributed by atoms with E-state index >= 15 is 0 Å². The molecule has 1 heterocycles. The molecule has 0 bridgehead atoms. The number of ether oxygens (including phenoxy) is 1. The summed E-state index contributed by atoms with van der Waals surface area (Å²) in [6.07, 6.45) is 2.41. The monoisotopic (exact) mass is 356 g/mol. The zero-order valence-corrected chi connectivity index (χ0v) is 14.1. The second-order valence-electron chi connectivity index (χ2n) is 5.23. The van der Waals surface area contributed by atoms with Crippen molar-refractivity contribution in [2.24, 2.45) is 0 Å². The average molecular weight is 357 g/mol. The Morgan fingerprint density at radius 1 is 1.30 bits per heavy atom. The highest BCUT2D eigenvalue weighted by Gasteiger charge is 2.25. The number of piperidine rings is 1. The summed E-state index contributed by atoms with van der Waals surface area (Å²) in [5.74, 6) is -0.0868. The number of likely N-dealkylation sites (tertiary alicyclic amines) is 1. The van der Waals surface area contributed by atoms with Crippen molar-refractivity contribution in [3.05, 3.63) is 46.5 Å². The van der Waals surface area contributed by atoms with Crippen molar-refractivity contribution in [3.63, 3.8) is 0 Å². The first-order chi connectivity index (χ1) is 11.0. The van der Waals surface area contributed by atoms with Gasteiger partial charge in [-0.1, -0.05) is 35.9 Å². The molecule has 2 rings (SSSR count). The lowest BCUT2D eigenvalue weighted by atomic mass is 10.0. The van der Waals surface area contributed by atoms with Crippen molar-refractivity contribution in [2.75, 3.05) is 19.7 Å². The fourth-order valence-corrected chi connectivity index (χ4v) is 2.68. The predicted octanol–water partition coefficient (Wildman–Crippen LogP) is 3.51. The number of carbonyl (C=O) groups excluding carboxylic acids is 2. The van der Waals surface area contributed by atoms with Crippen LogP contribution >= 0.6 is 23.2 Å². The number of carbonyl (C=O) groups is 2. The number of benzene rings is 1. The Hall–Kier alpha value is -1.72. The van der Waals surface area contributed by atoms with Crippen molar-refractivity contribution < 1.29 is 14.3 Å². The van der Waals surface area contributed by atoms with Gasteiger partial charge in [-0.25, -0.2) is 4.79 Å². The third kappa shape index (κ3) is 4.88. The molecule has 0 unspecified atom stereocenters. The summed E-state index contributed by atoms with van der Waals surface area (Å²) in [6, 6.07) is 4.85. The van der Waals surface area contributed by atoms with Crippen molar-refractivity contribution in [3.8, 4) is 0 Å². The van der Waals surface area contributed by atoms with Crippen molar-refractivity contribution in [1.29, 1.82) is 0 Å². The highest BCUT2D eigenvalue weighted by molar-refractivity contribution is 6.42. The highest BCUT2D eigenvalue weighted by atomic mass is 35.5. The van der Waals surface area contributed by atoms with E-state index in [9.17, 15) is 9.59 Å². The Balaban J connectivity index is 1.86. The lowest BCUT2D eigenvalue weighted by molar-refractivity contribution is 0.0703. The van der Waals surface area contributed by atoms with Crippen molar-refractivity contribution >= 4 is 35.2 Å². The van der Waals surface area contributed by atoms with Gasteiger partial charge < -0.3 is 15.0 Å². The Bertz CT molecular complexity index is 599. The molecule has 1 aliphatic rings. The van der Waals surface area contributed by atoms with Crippen LogP contribution in [0.4, 0.5) is 4.79 Å². The fourth-order valence-electron chi connectivity index (χ4n) is 2.38. The molecule has 7 heteroatoms. The Morgan fingerprint density at radius 2 is 2.00 bits per heavy atom. The summed E-state index contributed by atoms with van der Waals surface area (Å²) in [4.78, 5) is 25.7. The summed E-state index contributed by atoms with van der Waals surface area (Å²) < 4.78 is 4.89. The number of amides is 2. The number of alkyl carbamates (subject to hydrolysis) is 1. The van der Waals surface area contributed by atoms with Gasteiger partial charge in [0.15, 0.2) is 0 Å². The van der Waals surface area contributed by atoms with Crippen LogP contribution in [-0.4, -0.2) is 42.6 Å². The molecular weight excluding hydrogens is 339 g/mol. The molecule has 0 atom stereocenters. The SMILES string of the molecule is C=CCOC(=O)NC1CCN(C(=O)c2ccc(Cl)c(Cl)c2)CC1. The maximum Gasteiger partial charge on any atom is 0.407 e. The van der Waals surface area contributed by atoms with Crippen LogP contribution in [0, 0.1) is 0 Å². The first-order valence-electron chi connectivity index (χ1n) is 7.29. The molecule has 0 radical (unpaired) electrons. The van der Waals surface area contributed by atoms with E-state index in [0.29, 0.717) is 41.5 Å². The maximum absolute atomic E-state index is 12.4. The van der Waals surface area contributed by atoms with Gasteiger partial charge >= 0.3 is 6.09 Å². The molecular formula is C16H18Cl2N2O3. The largest absolute Gasteiger partial charge is 0.445 e. The Kier molecular flexibility index (Phi) is 6.30. The molecule has 124 valence electrons. The van der Waals surface area contributed by atoms with Crippen LogP contribution in [0.2, 0.25) is 10.0 Å². The van der Waals surface area contributed by atoms with Gasteiger partial charge in [0.2, 0.25) is 0 Å². The minimum atomic E-state index is -0.459. The molecule has 0 spiro atoms. The molecule has 1 fully saturated rings. The smallest absolute Gasteiger partial charge is 0.407 e. The van der Waals surface area contributed by atoms with Gasteiger partial charge in [-0.3, -0.25) is 4.79 Å². The molecule has 5 nitrogen and oxygen atoms in total. The van der Waals surface area contributed by atoms with E-state index < -0.39 is 6.09 Å². The van der Waals surface area contributed by atoms with Crippen molar-refractivity contribution in [1.82, 2.24) is 10.2 Å². The fraction of sp³-hybridized carbons (Fsp3) is 0.375. The minimum absolute atomic E-state index is 0.00479. The molecule has 1 N–H and O–H groups in total. The molecule has 1 aliphatic heterocycles. The Labute approximate surface area is 145 Å². The van der Waals surface area contributed by atoms with E-state index in [0.717, 1.165) is 0 Å². The maximum atomic E-state index is 12.4. The number of rotatable bonds is 4. The lowest BCUT2D eigenvalue weighted by Crippen LogP contribution is -2.46. The third-order valence-corrected chi connectivity index (χ3v) is 4.34. The van der Waals surface area contributed by atoms with E-state index in [1.54, 1.807) is 23.1 Å². The number of hydrogen-bond donors (Lipinski definition) is 1. The summed E-state index contributed by atoms with van der Waals surface area (Å²) in [5.41, 5.74) is 0.510. The Morgan fingerprint density at radius 3 is 2.61 bits per heavy atom. The van der Waals surface area contributed by atoms with Crippen LogP contribution in [-0.2, 0) is 4.74 Å². The molecule has 2 amide bonds. The van der Waals surface area contributed by atoms with Gasteiger partial charge in [0.1, 0.15) is 6.61 Å². The van der Waals surface area contributed by atoms with Crippen molar-refractivity contribution in [2.45, 2.75) is 18.9 Å². The predicted molar refractivity (Wildman–Crippen MR) is 90.1 cm³/mol. The quantitative estimate of drug-likeness (QED) is 0.839. The second-order valence-corrected chi connectivity index (χ2v) is 6.04. The van der Waals surface area contributed by atoms with Crippen LogP contribution < -0.4 is 5.32 Å². The normalized spacial score (nSPS) is 15.1. The topological polar surface area (TPSA) is 58.6 Å². The minimum Gasteiger partial charge on any atom is -0.445 e. The third-order valence-electron chi connectivity index (χ3n) is 3.60. The van der Waals surface area contributed by atoms with Crippen LogP contribution in [0.25, 0.3) is 0 Å². The summed E-state index contributed by atoms with van der Waals surface area (Å²) >= 11 is 11.8. The number of nitrogens with one attached hydrogen (secondary N) is 1. The van der Waals surface area contributed by atoms with Gasteiger partial charge in [0.05, 0.1) is 10.0 Å². The highest BCUT2D eigenvalue weighted by Crippen LogP contribution is 2.24. The molecule has 23 heavy (non-hydrogen) atoms. The van der Waals surface area contributed by atoms with E-state index in [-0.39, 0.29) is 18.6 Å². The zero-order valence-electron chi connectivity index (χ0n) is 12.6. The zero-order chi connectivity index (χ0) is 16.8. The number of hydrogen-bond acceptors (Lipinski definition) is 3. The van der Waals surface area contributed by atoms with E-state index in [1.807, 2.05) is 0 Å². The van der Waals surface area contributed by atoms with E-state index in [4.69, 9.17) is 27.9 Å². The van der Waals surface area contributed by atoms with Crippen LogP contribution in [0.5, 0.6) is 0 Å². The number of nitrogens with zero attached hydrogens (tertiary/aromatic N) is 1. The standard InChI is InChI=1S/C16H18Cl2N2O3/c1-2-9-23-16(22)19-12-5-7-20(8-6-12)15(21)11-3-4-13(17)14(18)10-11/h2-4,10,12H,1,5-9H2,(H,19,22). The summed E-state index contributed by atoms with van der Waals surface area (Å²) in [5, 5.41) is 3.56. The lowest BCUT2D eigenvalue weighted by Gasteiger charge is -2.32. The van der Waals surface area contributed by atoms with Crippen LogP contribution in [0.15, 0.2) is 30.9 Å². The van der Waals surface area contributed by atoms with Gasteiger partial charge in [-0.2, -0.15) is 0 Å². The van der Waals surface area contributed by atoms with Crippen LogP contribution in [0.1, 0.15) is 23.2 Å². The second kappa shape index (κ2) is 8.22. The molecule has 0 aromatic heterocycles. The first kappa shape index (κ1) is 17.6. The van der Waals surface area contributed by atoms with Gasteiger partial charge in [-0.15, -0.1) is 0 Å². The molecule has 1 aromatic carbocycles. The van der Waals surface area contributed by atoms with E-state index in [1.165, 1.54) is 6.08 Å². The molecule has 0 aliphatic carbocycles. The average Bonchev–Trinajstić information content (AvgIpc) is 2.55. The van der Waals surface area contributed by atoms with Gasteiger partial charge in [0, 0.05) is 24.7 Å². The van der Waals surface area contributed by atoms with Crippen LogP contribution in [0.3, 0.4) is 0 Å². The summed E-state index contributed by atoms with van der Waals surface area (Å²) in [7, 11) is 0.